The van der Waals surface area contributed by atoms with Gasteiger partial charge in [0.15, 0.2) is 6.10 Å². The average Bonchev–Trinajstić information content (AvgIpc) is 3.31. The molecule has 6 N–H and O–H groups in total. The van der Waals surface area contributed by atoms with Crippen molar-refractivity contribution in [2.75, 3.05) is 33.7 Å². The van der Waals surface area contributed by atoms with Gasteiger partial charge in [-0.2, -0.15) is 0 Å². The van der Waals surface area contributed by atoms with E-state index in [0.717, 1.165) is 29.7 Å². The first-order valence-corrected chi connectivity index (χ1v) is 24.4. The highest BCUT2D eigenvalue weighted by Crippen LogP contribution is 2.26. The number of amides is 6. The molecule has 0 aliphatic carbocycles. The van der Waals surface area contributed by atoms with Crippen LogP contribution in [0.15, 0.2) is 53.6 Å². The smallest absolute Gasteiger partial charge is 0.407 e. The molecule has 0 aromatic heterocycles. The number of likely N-dealkylation sites (N-methyl/N-ethyl adjacent to an activating group) is 2. The molecule has 0 radical (unpaired) electrons. The topological polar surface area (TPSA) is 245 Å². The highest BCUT2D eigenvalue weighted by molar-refractivity contribution is 5.96. The molecular weight excluding hydrogens is 887 g/mol. The lowest BCUT2D eigenvalue weighted by molar-refractivity contribution is -0.155. The Morgan fingerprint density at radius 2 is 1.54 bits per heavy atom. The van der Waals surface area contributed by atoms with E-state index in [1.165, 1.54) is 45.8 Å². The largest absolute Gasteiger partial charge is 0.456 e. The molecule has 69 heavy (non-hydrogen) atoms. The fourth-order valence-electron chi connectivity index (χ4n) is 7.68. The number of ether oxygens (including phenoxy) is 3. The first kappa shape index (κ1) is 59.3. The Hall–Kier alpha value is -5.78. The highest BCUT2D eigenvalue weighted by Gasteiger charge is 2.37. The lowest BCUT2D eigenvalue weighted by Gasteiger charge is -2.33. The molecule has 18 heteroatoms. The highest BCUT2D eigenvalue weighted by atomic mass is 16.6. The Labute approximate surface area is 409 Å². The standard InChI is InChI=1S/C51H81N7O11/c1-13-32(5)43-46(61)55-37(10)50(65)69-44(33(6)14-2)35(8)40(68-51(66)53-27-21-16-15-20-26-52)25-24-34(7)49(64)67-41(28-31(3)4)45(60)54-36(9)47(62)58(12)39(29-38-22-18-17-19-23-38)48(63)57(11)30-42(59)56-43/h14,17-19,22-24,31-32,35-37,39-41,43-44H,13,15-16,20-21,25-30,52H2,1-12H3,(H,53,66)(H,54,60)(H,55,61)(H,56,59)/b33-14+,34-24+/t32?,35-,36-,37+,39+,40-,41+,43?,44+/m0/s1. The number of rotatable bonds is 14. The third kappa shape index (κ3) is 19.6. The van der Waals surface area contributed by atoms with Gasteiger partial charge in [0.25, 0.3) is 5.91 Å². The number of benzene rings is 1. The number of hydrogen-bond donors (Lipinski definition) is 5. The van der Waals surface area contributed by atoms with Crippen LogP contribution in [0, 0.1) is 17.8 Å². The maximum atomic E-state index is 14.2. The zero-order valence-corrected chi connectivity index (χ0v) is 43.1. The molecule has 1 aliphatic heterocycles. The molecule has 1 aromatic carbocycles. The third-order valence-electron chi connectivity index (χ3n) is 12.5. The summed E-state index contributed by atoms with van der Waals surface area (Å²) in [6, 6.07) is 4.37. The monoisotopic (exact) mass is 968 g/mol. The quantitative estimate of drug-likeness (QED) is 0.0750. The molecular formula is C51H81N7O11. The Bertz CT molecular complexity index is 1940. The molecule has 18 nitrogen and oxygen atoms in total. The van der Waals surface area contributed by atoms with E-state index in [9.17, 15) is 38.4 Å². The van der Waals surface area contributed by atoms with Gasteiger partial charge in [0.1, 0.15) is 36.4 Å². The van der Waals surface area contributed by atoms with Gasteiger partial charge < -0.3 is 51.0 Å². The summed E-state index contributed by atoms with van der Waals surface area (Å²) < 4.78 is 17.8. The van der Waals surface area contributed by atoms with Crippen LogP contribution in [0.5, 0.6) is 0 Å². The molecule has 9 atom stereocenters. The average molecular weight is 968 g/mol. The number of carbonyl (C=O) groups excluding carboxylic acids is 8. The fourth-order valence-corrected chi connectivity index (χ4v) is 7.68. The Balaban J connectivity index is 2.69. The van der Waals surface area contributed by atoms with E-state index in [0.29, 0.717) is 31.5 Å². The van der Waals surface area contributed by atoms with Crippen molar-refractivity contribution in [1.82, 2.24) is 31.1 Å². The van der Waals surface area contributed by atoms with Crippen LogP contribution >= 0.6 is 0 Å². The lowest BCUT2D eigenvalue weighted by Crippen LogP contribution is -2.57. The number of nitrogens with one attached hydrogen (secondary N) is 4. The maximum Gasteiger partial charge on any atom is 0.407 e. The van der Waals surface area contributed by atoms with E-state index >= 15 is 0 Å². The number of nitrogens with two attached hydrogens (primary N) is 1. The number of unbranched alkanes of at least 4 members (excludes halogenated alkanes) is 3. The number of alkyl carbamates (subject to hydrolysis) is 1. The van der Waals surface area contributed by atoms with Crippen molar-refractivity contribution in [2.24, 2.45) is 23.5 Å². The van der Waals surface area contributed by atoms with Gasteiger partial charge >= 0.3 is 18.0 Å². The van der Waals surface area contributed by atoms with Gasteiger partial charge in [-0.25, -0.2) is 14.4 Å². The molecule has 0 bridgehead atoms. The van der Waals surface area contributed by atoms with Crippen molar-refractivity contribution in [3.63, 3.8) is 0 Å². The molecule has 1 heterocycles. The van der Waals surface area contributed by atoms with Crippen molar-refractivity contribution in [3.8, 4) is 0 Å². The second-order valence-corrected chi connectivity index (χ2v) is 18.7. The SMILES string of the molecule is C/C=C(\C)[C@H]1OC(=O)[C@@H](C)NC(=O)C(C(C)CC)NC(=O)CN(C)C(=O)[C@@H](Cc2ccccc2)N(C)C(=O)[C@H](C)NC(=O)[C@@H](CC(C)C)OC(=O)/C(C)=C/C[C@H](OC(=O)NCCCCCCN)[C@@H]1C. The van der Waals surface area contributed by atoms with Crippen molar-refractivity contribution in [1.29, 1.82) is 0 Å². The number of hydrogen-bond acceptors (Lipinski definition) is 12. The van der Waals surface area contributed by atoms with Crippen LogP contribution in [0.25, 0.3) is 0 Å². The van der Waals surface area contributed by atoms with Gasteiger partial charge in [0, 0.05) is 45.0 Å². The number of carbonyl (C=O) groups is 8. The maximum absolute atomic E-state index is 14.2. The zero-order chi connectivity index (χ0) is 52.0. The summed E-state index contributed by atoms with van der Waals surface area (Å²) in [6.07, 6.45) is 3.27. The van der Waals surface area contributed by atoms with Gasteiger partial charge in [0.05, 0.1) is 6.54 Å². The first-order chi connectivity index (χ1) is 32.6. The van der Waals surface area contributed by atoms with E-state index in [4.69, 9.17) is 19.9 Å². The predicted octanol–water partition coefficient (Wildman–Crippen LogP) is 4.49. The van der Waals surface area contributed by atoms with Crippen LogP contribution in [-0.2, 0) is 54.2 Å². The number of cyclic esters (lactones) is 2. The Kier molecular flexibility index (Phi) is 25.8. The van der Waals surface area contributed by atoms with E-state index < -0.39 is 108 Å². The van der Waals surface area contributed by atoms with Gasteiger partial charge in [-0.1, -0.05) is 96.4 Å². The second kappa shape index (κ2) is 30.0. The zero-order valence-electron chi connectivity index (χ0n) is 43.1. The van der Waals surface area contributed by atoms with Crippen molar-refractivity contribution in [3.05, 3.63) is 59.2 Å². The van der Waals surface area contributed by atoms with Crippen LogP contribution in [0.3, 0.4) is 0 Å². The minimum atomic E-state index is -1.31. The molecule has 0 spiro atoms. The number of esters is 2. The summed E-state index contributed by atoms with van der Waals surface area (Å²) >= 11 is 0. The van der Waals surface area contributed by atoms with E-state index in [-0.39, 0.29) is 30.8 Å². The van der Waals surface area contributed by atoms with Crippen molar-refractivity contribution in [2.45, 2.75) is 163 Å². The van der Waals surface area contributed by atoms with E-state index in [1.54, 1.807) is 58.0 Å². The molecule has 386 valence electrons. The molecule has 2 unspecified atom stereocenters. The third-order valence-corrected chi connectivity index (χ3v) is 12.5. The summed E-state index contributed by atoms with van der Waals surface area (Å²) in [7, 11) is 2.84. The molecule has 0 saturated heterocycles. The van der Waals surface area contributed by atoms with Crippen molar-refractivity contribution >= 4 is 47.6 Å². The minimum absolute atomic E-state index is 0.0311. The Morgan fingerprint density at radius 1 is 0.899 bits per heavy atom. The van der Waals surface area contributed by atoms with E-state index in [2.05, 4.69) is 21.3 Å². The summed E-state index contributed by atoms with van der Waals surface area (Å²) in [5.74, 6) is -6.10. The molecule has 0 saturated carbocycles. The van der Waals surface area contributed by atoms with E-state index in [1.807, 2.05) is 26.8 Å². The summed E-state index contributed by atoms with van der Waals surface area (Å²) in [6.45, 7) is 17.4. The summed E-state index contributed by atoms with van der Waals surface area (Å²) in [4.78, 5) is 113. The first-order valence-electron chi connectivity index (χ1n) is 24.4. The molecule has 1 aromatic rings. The molecule has 2 rings (SSSR count). The number of nitrogens with zero attached hydrogens (tertiary/aromatic N) is 2. The van der Waals surface area contributed by atoms with Gasteiger partial charge in [-0.05, 0) is 83.4 Å². The van der Waals surface area contributed by atoms with Crippen LogP contribution in [0.1, 0.15) is 120 Å². The predicted molar refractivity (Wildman–Crippen MR) is 263 cm³/mol. The minimum Gasteiger partial charge on any atom is -0.456 e. The normalized spacial score (nSPS) is 26.2. The molecule has 0 fully saturated rings. The Morgan fingerprint density at radius 3 is 2.14 bits per heavy atom. The summed E-state index contributed by atoms with van der Waals surface area (Å²) in [5.41, 5.74) is 7.06. The van der Waals surface area contributed by atoms with Crippen LogP contribution < -0.4 is 27.0 Å². The molecule has 6 amide bonds. The van der Waals surface area contributed by atoms with Gasteiger partial charge in [-0.15, -0.1) is 0 Å². The van der Waals surface area contributed by atoms with Crippen LogP contribution in [-0.4, -0.2) is 134 Å². The second-order valence-electron chi connectivity index (χ2n) is 18.7. The van der Waals surface area contributed by atoms with Crippen LogP contribution in [0.2, 0.25) is 0 Å². The fraction of sp³-hybridized carbons (Fsp3) is 0.647. The van der Waals surface area contributed by atoms with Crippen LogP contribution in [0.4, 0.5) is 4.79 Å². The van der Waals surface area contributed by atoms with Gasteiger partial charge in [-0.3, -0.25) is 24.0 Å². The number of allylic oxidation sites excluding steroid dienone is 1. The summed E-state index contributed by atoms with van der Waals surface area (Å²) in [5, 5.41) is 10.9. The van der Waals surface area contributed by atoms with Crippen molar-refractivity contribution < 1.29 is 52.6 Å². The van der Waals surface area contributed by atoms with Gasteiger partial charge in [0.2, 0.25) is 23.6 Å². The molecule has 1 aliphatic rings. The lowest BCUT2D eigenvalue weighted by atomic mass is 9.90.